The molecule has 1 aliphatic rings. The van der Waals surface area contributed by atoms with Crippen LogP contribution in [0.4, 0.5) is 4.79 Å². The fraction of sp³-hybridized carbons (Fsp3) is 0.500. The van der Waals surface area contributed by atoms with E-state index in [0.717, 1.165) is 24.2 Å². The van der Waals surface area contributed by atoms with Crippen molar-refractivity contribution in [1.29, 1.82) is 0 Å². The molecular weight excluding hydrogens is 282 g/mol. The van der Waals surface area contributed by atoms with Crippen LogP contribution in [-0.4, -0.2) is 37.0 Å². The third-order valence-corrected chi connectivity index (χ3v) is 3.97. The molecule has 0 atom stereocenters. The lowest BCUT2D eigenvalue weighted by atomic mass is 9.93. The summed E-state index contributed by atoms with van der Waals surface area (Å²) in [5, 5.41) is 2.92. The molecule has 6 heteroatoms. The van der Waals surface area contributed by atoms with E-state index in [1.165, 1.54) is 0 Å². The predicted octanol–water partition coefficient (Wildman–Crippen LogP) is 1.49. The summed E-state index contributed by atoms with van der Waals surface area (Å²) < 4.78 is 5.16. The van der Waals surface area contributed by atoms with Crippen LogP contribution in [0.3, 0.4) is 0 Å². The zero-order valence-corrected chi connectivity index (χ0v) is 12.9. The van der Waals surface area contributed by atoms with Gasteiger partial charge in [0.05, 0.1) is 7.11 Å². The molecule has 22 heavy (non-hydrogen) atoms. The first-order valence-electron chi connectivity index (χ1n) is 7.52. The Balaban J connectivity index is 1.77. The smallest absolute Gasteiger partial charge is 0.317 e. The molecule has 6 nitrogen and oxygen atoms in total. The summed E-state index contributed by atoms with van der Waals surface area (Å²) in [4.78, 5) is 24.8. The van der Waals surface area contributed by atoms with Gasteiger partial charge in [0.2, 0.25) is 5.91 Å². The summed E-state index contributed by atoms with van der Waals surface area (Å²) in [5.41, 5.74) is 6.21. The van der Waals surface area contributed by atoms with Gasteiger partial charge in [-0.1, -0.05) is 12.1 Å². The van der Waals surface area contributed by atoms with Crippen molar-refractivity contribution >= 4 is 11.9 Å². The molecule has 0 radical (unpaired) electrons. The lowest BCUT2D eigenvalue weighted by Gasteiger charge is -2.31. The molecule has 0 bridgehead atoms. The molecule has 1 aromatic carbocycles. The van der Waals surface area contributed by atoms with E-state index in [1.807, 2.05) is 24.3 Å². The highest BCUT2D eigenvalue weighted by Gasteiger charge is 2.23. The van der Waals surface area contributed by atoms with E-state index in [2.05, 4.69) is 5.32 Å². The van der Waals surface area contributed by atoms with Gasteiger partial charge in [0.15, 0.2) is 0 Å². The summed E-state index contributed by atoms with van der Waals surface area (Å²) in [6.45, 7) is 1.81. The Hall–Kier alpha value is -2.24. The van der Waals surface area contributed by atoms with Gasteiger partial charge in [-0.05, 0) is 36.5 Å². The molecule has 0 saturated carbocycles. The van der Waals surface area contributed by atoms with Crippen LogP contribution in [0.5, 0.6) is 5.75 Å². The van der Waals surface area contributed by atoms with Crippen molar-refractivity contribution in [2.75, 3.05) is 20.2 Å². The first-order valence-corrected chi connectivity index (χ1v) is 7.52. The molecule has 3 amide bonds. The van der Waals surface area contributed by atoms with Gasteiger partial charge in [0.1, 0.15) is 5.75 Å². The number of rotatable bonds is 5. The van der Waals surface area contributed by atoms with Gasteiger partial charge in [-0.15, -0.1) is 0 Å². The summed E-state index contributed by atoms with van der Waals surface area (Å²) in [7, 11) is 1.62. The predicted molar refractivity (Wildman–Crippen MR) is 83.3 cm³/mol. The van der Waals surface area contributed by atoms with Gasteiger partial charge in [0.25, 0.3) is 0 Å². The average Bonchev–Trinajstić information content (AvgIpc) is 2.53. The first-order chi connectivity index (χ1) is 10.6. The van der Waals surface area contributed by atoms with Crippen molar-refractivity contribution in [1.82, 2.24) is 10.2 Å². The number of piperidine rings is 1. The van der Waals surface area contributed by atoms with Gasteiger partial charge in [0, 0.05) is 26.1 Å². The van der Waals surface area contributed by atoms with Crippen molar-refractivity contribution in [3.05, 3.63) is 29.8 Å². The van der Waals surface area contributed by atoms with Gasteiger partial charge >= 0.3 is 6.03 Å². The second-order valence-electron chi connectivity index (χ2n) is 5.61. The molecule has 0 aliphatic carbocycles. The number of urea groups is 1. The van der Waals surface area contributed by atoms with Crippen LogP contribution in [0.1, 0.15) is 24.8 Å². The van der Waals surface area contributed by atoms with Crippen LogP contribution >= 0.6 is 0 Å². The van der Waals surface area contributed by atoms with Crippen molar-refractivity contribution in [3.8, 4) is 5.75 Å². The summed E-state index contributed by atoms with van der Waals surface area (Å²) in [6, 6.07) is 7.55. The molecule has 1 fully saturated rings. The molecule has 0 unspecified atom stereocenters. The lowest BCUT2D eigenvalue weighted by Crippen LogP contribution is -2.44. The fourth-order valence-corrected chi connectivity index (χ4v) is 2.70. The summed E-state index contributed by atoms with van der Waals surface area (Å²) in [6.07, 6.45) is 2.07. The highest BCUT2D eigenvalue weighted by Crippen LogP contribution is 2.20. The Morgan fingerprint density at radius 3 is 2.73 bits per heavy atom. The molecular formula is C16H23N3O3. The maximum absolute atomic E-state index is 12.1. The zero-order valence-electron chi connectivity index (χ0n) is 12.9. The number of primary amides is 1. The van der Waals surface area contributed by atoms with Crippen molar-refractivity contribution in [3.63, 3.8) is 0 Å². The van der Waals surface area contributed by atoms with E-state index in [0.29, 0.717) is 32.0 Å². The van der Waals surface area contributed by atoms with E-state index in [4.69, 9.17) is 10.5 Å². The van der Waals surface area contributed by atoms with Gasteiger partial charge < -0.3 is 20.7 Å². The normalized spacial score (nSPS) is 15.4. The van der Waals surface area contributed by atoms with Crippen LogP contribution in [0.25, 0.3) is 0 Å². The number of nitrogens with one attached hydrogen (secondary N) is 1. The SMILES string of the molecule is COc1cccc(CNC(=O)N2CCC(CC(N)=O)CC2)c1. The molecule has 1 aromatic rings. The average molecular weight is 305 g/mol. The molecule has 3 N–H and O–H groups in total. The third-order valence-electron chi connectivity index (χ3n) is 3.97. The Bertz CT molecular complexity index is 525. The third kappa shape index (κ3) is 4.65. The molecule has 0 spiro atoms. The Kier molecular flexibility index (Phi) is 5.63. The number of amides is 3. The molecule has 0 aromatic heterocycles. The maximum atomic E-state index is 12.1. The number of carbonyl (C=O) groups excluding carboxylic acids is 2. The van der Waals surface area contributed by atoms with Gasteiger partial charge in [-0.2, -0.15) is 0 Å². The Morgan fingerprint density at radius 2 is 2.09 bits per heavy atom. The second-order valence-corrected chi connectivity index (χ2v) is 5.61. The summed E-state index contributed by atoms with van der Waals surface area (Å²) >= 11 is 0. The van der Waals surface area contributed by atoms with Crippen LogP contribution in [0.2, 0.25) is 0 Å². The van der Waals surface area contributed by atoms with Crippen molar-refractivity contribution < 1.29 is 14.3 Å². The molecule has 120 valence electrons. The number of nitrogens with zero attached hydrogens (tertiary/aromatic N) is 1. The maximum Gasteiger partial charge on any atom is 0.317 e. The molecule has 2 rings (SSSR count). The minimum Gasteiger partial charge on any atom is -0.497 e. The monoisotopic (exact) mass is 305 g/mol. The van der Waals surface area contributed by atoms with Crippen molar-refractivity contribution in [2.24, 2.45) is 11.7 Å². The van der Waals surface area contributed by atoms with Crippen LogP contribution in [0.15, 0.2) is 24.3 Å². The standard InChI is InChI=1S/C16H23N3O3/c1-22-14-4-2-3-13(9-14)11-18-16(21)19-7-5-12(6-8-19)10-15(17)20/h2-4,9,12H,5-8,10-11H2,1H3,(H2,17,20)(H,18,21). The largest absolute Gasteiger partial charge is 0.497 e. The topological polar surface area (TPSA) is 84.7 Å². The van der Waals surface area contributed by atoms with Crippen LogP contribution < -0.4 is 15.8 Å². The van der Waals surface area contributed by atoms with Crippen LogP contribution in [0, 0.1) is 5.92 Å². The number of likely N-dealkylation sites (tertiary alicyclic amines) is 1. The number of benzene rings is 1. The van der Waals surface area contributed by atoms with Gasteiger partial charge in [-0.25, -0.2) is 4.79 Å². The number of carbonyl (C=O) groups is 2. The number of ether oxygens (including phenoxy) is 1. The Morgan fingerprint density at radius 1 is 1.36 bits per heavy atom. The van der Waals surface area contributed by atoms with Gasteiger partial charge in [-0.3, -0.25) is 4.79 Å². The minimum atomic E-state index is -0.263. The minimum absolute atomic E-state index is 0.0691. The zero-order chi connectivity index (χ0) is 15.9. The number of hydrogen-bond donors (Lipinski definition) is 2. The second kappa shape index (κ2) is 7.68. The number of methoxy groups -OCH3 is 1. The highest BCUT2D eigenvalue weighted by atomic mass is 16.5. The number of nitrogens with two attached hydrogens (primary N) is 1. The number of hydrogen-bond acceptors (Lipinski definition) is 3. The van der Waals surface area contributed by atoms with E-state index in [1.54, 1.807) is 12.0 Å². The quantitative estimate of drug-likeness (QED) is 0.864. The Labute approximate surface area is 130 Å². The molecule has 1 heterocycles. The van der Waals surface area contributed by atoms with Crippen molar-refractivity contribution in [2.45, 2.75) is 25.8 Å². The van der Waals surface area contributed by atoms with E-state index in [9.17, 15) is 9.59 Å². The van der Waals surface area contributed by atoms with E-state index in [-0.39, 0.29) is 11.9 Å². The van der Waals surface area contributed by atoms with Crippen LogP contribution in [-0.2, 0) is 11.3 Å². The summed E-state index contributed by atoms with van der Waals surface area (Å²) in [5.74, 6) is 0.819. The lowest BCUT2D eigenvalue weighted by molar-refractivity contribution is -0.119. The fourth-order valence-electron chi connectivity index (χ4n) is 2.70. The molecule has 1 saturated heterocycles. The van der Waals surface area contributed by atoms with E-state index >= 15 is 0 Å². The van der Waals surface area contributed by atoms with E-state index < -0.39 is 0 Å². The molecule has 1 aliphatic heterocycles. The first kappa shape index (κ1) is 16.1. The highest BCUT2D eigenvalue weighted by molar-refractivity contribution is 5.75.